The Hall–Kier alpha value is -0.870. The van der Waals surface area contributed by atoms with E-state index in [9.17, 15) is 4.79 Å². The molecule has 1 aromatic carbocycles. The van der Waals surface area contributed by atoms with Crippen LogP contribution in [0.2, 0.25) is 0 Å². The van der Waals surface area contributed by atoms with Crippen LogP contribution in [-0.2, 0) is 4.74 Å². The molecule has 0 aromatic heterocycles. The fourth-order valence-corrected chi connectivity index (χ4v) is 1.87. The number of hydrogen-bond donors (Lipinski definition) is 1. The van der Waals surface area contributed by atoms with Crippen molar-refractivity contribution in [1.29, 1.82) is 0 Å². The van der Waals surface area contributed by atoms with Crippen LogP contribution in [-0.4, -0.2) is 24.7 Å². The molecule has 1 aromatic rings. The van der Waals surface area contributed by atoms with Gasteiger partial charge < -0.3 is 10.1 Å². The first-order chi connectivity index (χ1) is 7.94. The first-order valence-electron chi connectivity index (χ1n) is 5.62. The molecule has 1 N–H and O–H groups in total. The second-order valence-electron chi connectivity index (χ2n) is 4.39. The second-order valence-corrected chi connectivity index (χ2v) is 5.30. The maximum absolute atomic E-state index is 11.9. The lowest BCUT2D eigenvalue weighted by molar-refractivity contribution is -0.00815. The number of nitrogens with one attached hydrogen (secondary N) is 1. The van der Waals surface area contributed by atoms with Gasteiger partial charge in [-0.3, -0.25) is 4.79 Å². The summed E-state index contributed by atoms with van der Waals surface area (Å²) in [7, 11) is 0. The van der Waals surface area contributed by atoms with Crippen LogP contribution in [0.15, 0.2) is 28.7 Å². The molecule has 0 radical (unpaired) electrons. The number of carbonyl (C=O) groups is 1. The van der Waals surface area contributed by atoms with E-state index in [2.05, 4.69) is 21.2 Å². The molecule has 0 unspecified atom stereocenters. The monoisotopic (exact) mass is 299 g/mol. The lowest BCUT2D eigenvalue weighted by atomic mass is 10.1. The normalized spacial score (nSPS) is 11.3. The highest BCUT2D eigenvalue weighted by atomic mass is 79.9. The van der Waals surface area contributed by atoms with Gasteiger partial charge in [0.25, 0.3) is 5.91 Å². The van der Waals surface area contributed by atoms with Crippen molar-refractivity contribution in [1.82, 2.24) is 5.32 Å². The highest BCUT2D eigenvalue weighted by Gasteiger charge is 2.18. The average molecular weight is 300 g/mol. The molecule has 0 saturated heterocycles. The molecule has 94 valence electrons. The summed E-state index contributed by atoms with van der Waals surface area (Å²) >= 11 is 3.34. The molecular formula is C13H18BrNO2. The van der Waals surface area contributed by atoms with Crippen molar-refractivity contribution >= 4 is 21.8 Å². The largest absolute Gasteiger partial charge is 0.374 e. The van der Waals surface area contributed by atoms with Gasteiger partial charge in [0.1, 0.15) is 0 Å². The first-order valence-corrected chi connectivity index (χ1v) is 6.41. The van der Waals surface area contributed by atoms with Crippen LogP contribution in [0.1, 0.15) is 31.1 Å². The van der Waals surface area contributed by atoms with Crippen LogP contribution in [0.4, 0.5) is 0 Å². The van der Waals surface area contributed by atoms with Gasteiger partial charge in [0.15, 0.2) is 0 Å². The minimum Gasteiger partial charge on any atom is -0.374 e. The quantitative estimate of drug-likeness (QED) is 0.908. The first kappa shape index (κ1) is 14.2. The molecule has 1 rings (SSSR count). The molecular weight excluding hydrogens is 282 g/mol. The summed E-state index contributed by atoms with van der Waals surface area (Å²) in [5.41, 5.74) is 0.308. The Morgan fingerprint density at radius 1 is 1.47 bits per heavy atom. The zero-order valence-electron chi connectivity index (χ0n) is 10.4. The molecule has 0 aliphatic carbocycles. The zero-order chi connectivity index (χ0) is 12.9. The predicted octanol–water partition coefficient (Wildman–Crippen LogP) is 2.99. The summed E-state index contributed by atoms with van der Waals surface area (Å²) in [6.45, 7) is 6.99. The Morgan fingerprint density at radius 2 is 2.18 bits per heavy atom. The third-order valence-electron chi connectivity index (χ3n) is 2.30. The zero-order valence-corrected chi connectivity index (χ0v) is 12.0. The van der Waals surface area contributed by atoms with E-state index in [1.807, 2.05) is 32.9 Å². The van der Waals surface area contributed by atoms with E-state index in [1.165, 1.54) is 0 Å². The molecule has 1 amide bonds. The predicted molar refractivity (Wildman–Crippen MR) is 72.2 cm³/mol. The maximum atomic E-state index is 11.9. The number of ether oxygens (including phenoxy) is 1. The van der Waals surface area contributed by atoms with E-state index < -0.39 is 0 Å². The Kier molecular flexibility index (Phi) is 5.15. The van der Waals surface area contributed by atoms with Crippen LogP contribution >= 0.6 is 15.9 Å². The minimum absolute atomic E-state index is 0.0842. The van der Waals surface area contributed by atoms with Crippen molar-refractivity contribution in [3.63, 3.8) is 0 Å². The van der Waals surface area contributed by atoms with Gasteiger partial charge in [-0.25, -0.2) is 0 Å². The van der Waals surface area contributed by atoms with Gasteiger partial charge in [0, 0.05) is 23.2 Å². The Morgan fingerprint density at radius 3 is 2.76 bits per heavy atom. The molecule has 3 nitrogen and oxygen atoms in total. The molecule has 4 heteroatoms. The van der Waals surface area contributed by atoms with E-state index in [0.717, 1.165) is 4.47 Å². The molecule has 0 atom stereocenters. The maximum Gasteiger partial charge on any atom is 0.251 e. The van der Waals surface area contributed by atoms with Crippen molar-refractivity contribution in [2.24, 2.45) is 0 Å². The Balaban J connectivity index is 2.56. The average Bonchev–Trinajstić information content (AvgIpc) is 2.26. The van der Waals surface area contributed by atoms with Crippen LogP contribution in [0.25, 0.3) is 0 Å². The number of halogens is 1. The molecule has 0 bridgehead atoms. The van der Waals surface area contributed by atoms with Gasteiger partial charge in [-0.1, -0.05) is 22.0 Å². The standard InChI is InChI=1S/C13H18BrNO2/c1-4-17-13(2,3)9-15-12(16)10-6-5-7-11(14)8-10/h5-8H,4,9H2,1-3H3,(H,15,16). The summed E-state index contributed by atoms with van der Waals surface area (Å²) in [5, 5.41) is 2.87. The lowest BCUT2D eigenvalue weighted by Crippen LogP contribution is -2.40. The number of carbonyl (C=O) groups excluding carboxylic acids is 1. The van der Waals surface area contributed by atoms with E-state index in [4.69, 9.17) is 4.74 Å². The minimum atomic E-state index is -0.337. The van der Waals surface area contributed by atoms with Gasteiger partial charge in [-0.05, 0) is 39.0 Å². The number of amides is 1. The van der Waals surface area contributed by atoms with Crippen molar-refractivity contribution in [2.45, 2.75) is 26.4 Å². The third-order valence-corrected chi connectivity index (χ3v) is 2.79. The second kappa shape index (κ2) is 6.17. The van der Waals surface area contributed by atoms with Crippen LogP contribution < -0.4 is 5.32 Å². The fraction of sp³-hybridized carbons (Fsp3) is 0.462. The van der Waals surface area contributed by atoms with Gasteiger partial charge in [0.05, 0.1) is 5.60 Å². The highest BCUT2D eigenvalue weighted by molar-refractivity contribution is 9.10. The van der Waals surface area contributed by atoms with Crippen molar-refractivity contribution in [3.05, 3.63) is 34.3 Å². The molecule has 17 heavy (non-hydrogen) atoms. The molecule has 0 spiro atoms. The number of benzene rings is 1. The van der Waals surface area contributed by atoms with Gasteiger partial charge in [-0.2, -0.15) is 0 Å². The van der Waals surface area contributed by atoms with Crippen molar-refractivity contribution in [3.8, 4) is 0 Å². The molecule has 0 aliphatic rings. The topological polar surface area (TPSA) is 38.3 Å². The summed E-state index contributed by atoms with van der Waals surface area (Å²) in [5.74, 6) is -0.0842. The van der Waals surface area contributed by atoms with Crippen LogP contribution in [0.5, 0.6) is 0 Å². The lowest BCUT2D eigenvalue weighted by Gasteiger charge is -2.24. The number of rotatable bonds is 5. The molecule has 0 aliphatic heterocycles. The van der Waals surface area contributed by atoms with E-state index in [1.54, 1.807) is 12.1 Å². The third kappa shape index (κ3) is 4.88. The van der Waals surface area contributed by atoms with Gasteiger partial charge in [-0.15, -0.1) is 0 Å². The van der Waals surface area contributed by atoms with E-state index in [0.29, 0.717) is 18.7 Å². The SMILES string of the molecule is CCOC(C)(C)CNC(=O)c1cccc(Br)c1. The summed E-state index contributed by atoms with van der Waals surface area (Å²) in [6.07, 6.45) is 0. The van der Waals surface area contributed by atoms with Gasteiger partial charge >= 0.3 is 0 Å². The van der Waals surface area contributed by atoms with Crippen LogP contribution in [0.3, 0.4) is 0 Å². The number of hydrogen-bond acceptors (Lipinski definition) is 2. The van der Waals surface area contributed by atoms with E-state index in [-0.39, 0.29) is 11.5 Å². The van der Waals surface area contributed by atoms with E-state index >= 15 is 0 Å². The summed E-state index contributed by atoms with van der Waals surface area (Å²) in [6, 6.07) is 7.31. The van der Waals surface area contributed by atoms with Crippen LogP contribution in [0, 0.1) is 0 Å². The fourth-order valence-electron chi connectivity index (χ4n) is 1.47. The highest BCUT2D eigenvalue weighted by Crippen LogP contribution is 2.12. The van der Waals surface area contributed by atoms with Crippen molar-refractivity contribution < 1.29 is 9.53 Å². The molecule has 0 saturated carbocycles. The Labute approximate surface area is 111 Å². The molecule has 0 fully saturated rings. The Bertz CT molecular complexity index is 391. The molecule has 0 heterocycles. The smallest absolute Gasteiger partial charge is 0.251 e. The van der Waals surface area contributed by atoms with Gasteiger partial charge in [0.2, 0.25) is 0 Å². The summed E-state index contributed by atoms with van der Waals surface area (Å²) in [4.78, 5) is 11.9. The van der Waals surface area contributed by atoms with Crippen molar-refractivity contribution in [2.75, 3.05) is 13.2 Å². The summed E-state index contributed by atoms with van der Waals surface area (Å²) < 4.78 is 6.41.